The number of sulfonamides is 1. The van der Waals surface area contributed by atoms with E-state index in [1.165, 1.54) is 26.4 Å². The molecule has 0 saturated heterocycles. The van der Waals surface area contributed by atoms with Gasteiger partial charge in [-0.1, -0.05) is 0 Å². The van der Waals surface area contributed by atoms with Crippen LogP contribution < -0.4 is 5.32 Å². The van der Waals surface area contributed by atoms with Gasteiger partial charge in [-0.25, -0.2) is 17.7 Å². The fourth-order valence-electron chi connectivity index (χ4n) is 1.49. The molecule has 1 N–H and O–H groups in total. The van der Waals surface area contributed by atoms with Gasteiger partial charge in [0.25, 0.3) is 0 Å². The van der Waals surface area contributed by atoms with Crippen molar-refractivity contribution in [3.8, 4) is 0 Å². The Balaban J connectivity index is 2.08. The number of pyridine rings is 1. The Morgan fingerprint density at radius 1 is 1.35 bits per heavy atom. The van der Waals surface area contributed by atoms with Gasteiger partial charge >= 0.3 is 0 Å². The van der Waals surface area contributed by atoms with E-state index in [0.29, 0.717) is 12.4 Å². The third-order valence-corrected chi connectivity index (χ3v) is 4.55. The fraction of sp³-hybridized carbons (Fsp3) is 0.364. The van der Waals surface area contributed by atoms with Gasteiger partial charge < -0.3 is 9.88 Å². The van der Waals surface area contributed by atoms with E-state index in [4.69, 9.17) is 0 Å². The molecule has 0 spiro atoms. The summed E-state index contributed by atoms with van der Waals surface area (Å²) >= 11 is 0. The van der Waals surface area contributed by atoms with Crippen molar-refractivity contribution < 1.29 is 8.42 Å². The molecule has 108 valence electrons. The lowest BCUT2D eigenvalue weighted by atomic mass is 10.4. The summed E-state index contributed by atoms with van der Waals surface area (Å²) in [5, 5.41) is 10.8. The summed E-state index contributed by atoms with van der Waals surface area (Å²) in [6.45, 7) is 0.462. The monoisotopic (exact) mass is 296 g/mol. The molecule has 0 bridgehead atoms. The molecule has 0 aliphatic rings. The fourth-order valence-corrected chi connectivity index (χ4v) is 2.33. The molecule has 0 atom stereocenters. The molecule has 0 unspecified atom stereocenters. The highest BCUT2D eigenvalue weighted by Gasteiger charge is 2.17. The van der Waals surface area contributed by atoms with Crippen molar-refractivity contribution in [1.29, 1.82) is 0 Å². The van der Waals surface area contributed by atoms with Gasteiger partial charge in [0.15, 0.2) is 5.82 Å². The van der Waals surface area contributed by atoms with Crippen molar-refractivity contribution in [2.45, 2.75) is 11.4 Å². The van der Waals surface area contributed by atoms with Crippen LogP contribution in [0.5, 0.6) is 0 Å². The van der Waals surface area contributed by atoms with Crippen molar-refractivity contribution in [3.63, 3.8) is 0 Å². The molecule has 2 rings (SSSR count). The number of hydrogen-bond donors (Lipinski definition) is 1. The Morgan fingerprint density at radius 2 is 2.10 bits per heavy atom. The molecule has 0 saturated carbocycles. The SMILES string of the molecule is CN(C)S(=O)(=O)c1ccc(NCc2nncn2C)nc1. The van der Waals surface area contributed by atoms with Gasteiger partial charge in [0.2, 0.25) is 10.0 Å². The molecule has 2 aromatic heterocycles. The van der Waals surface area contributed by atoms with Crippen molar-refractivity contribution in [2.75, 3.05) is 19.4 Å². The van der Waals surface area contributed by atoms with Gasteiger partial charge in [0.1, 0.15) is 17.0 Å². The van der Waals surface area contributed by atoms with Gasteiger partial charge in [-0.15, -0.1) is 10.2 Å². The summed E-state index contributed by atoms with van der Waals surface area (Å²) in [5.74, 6) is 1.34. The van der Waals surface area contributed by atoms with Gasteiger partial charge in [-0.3, -0.25) is 0 Å². The van der Waals surface area contributed by atoms with Crippen molar-refractivity contribution >= 4 is 15.8 Å². The molecule has 9 heteroatoms. The standard InChI is InChI=1S/C11H16N6O2S/c1-16(2)20(18,19)9-4-5-10(12-6-9)13-7-11-15-14-8-17(11)3/h4-6,8H,7H2,1-3H3,(H,12,13). The molecule has 20 heavy (non-hydrogen) atoms. The molecule has 2 aromatic rings. The molecule has 2 heterocycles. The number of anilines is 1. The topological polar surface area (TPSA) is 93.0 Å². The van der Waals surface area contributed by atoms with Crippen LogP contribution in [0.1, 0.15) is 5.82 Å². The Labute approximate surface area is 117 Å². The van der Waals surface area contributed by atoms with Crippen molar-refractivity contribution in [3.05, 3.63) is 30.5 Å². The summed E-state index contributed by atoms with van der Waals surface area (Å²) in [6.07, 6.45) is 2.94. The van der Waals surface area contributed by atoms with Crippen LogP contribution in [0.15, 0.2) is 29.6 Å². The van der Waals surface area contributed by atoms with Crippen molar-refractivity contribution in [1.82, 2.24) is 24.1 Å². The zero-order valence-corrected chi connectivity index (χ0v) is 12.3. The molecular weight excluding hydrogens is 280 g/mol. The van der Waals surface area contributed by atoms with Gasteiger partial charge in [-0.2, -0.15) is 0 Å². The van der Waals surface area contributed by atoms with Gasteiger partial charge in [0.05, 0.1) is 6.54 Å². The first-order valence-electron chi connectivity index (χ1n) is 5.86. The van der Waals surface area contributed by atoms with Crippen LogP contribution in [0.4, 0.5) is 5.82 Å². The largest absolute Gasteiger partial charge is 0.363 e. The van der Waals surface area contributed by atoms with Crippen LogP contribution in [-0.4, -0.2) is 46.6 Å². The van der Waals surface area contributed by atoms with Crippen LogP contribution in [0.25, 0.3) is 0 Å². The van der Waals surface area contributed by atoms with Crippen LogP contribution in [0, 0.1) is 0 Å². The molecular formula is C11H16N6O2S. The van der Waals surface area contributed by atoms with Crippen LogP contribution in [0.3, 0.4) is 0 Å². The Bertz CT molecular complexity index is 677. The minimum Gasteiger partial charge on any atom is -0.363 e. The Kier molecular flexibility index (Phi) is 4.00. The smallest absolute Gasteiger partial charge is 0.244 e. The number of nitrogens with zero attached hydrogens (tertiary/aromatic N) is 5. The second-order valence-corrected chi connectivity index (χ2v) is 6.53. The third kappa shape index (κ3) is 2.94. The van der Waals surface area contributed by atoms with Crippen molar-refractivity contribution in [2.24, 2.45) is 7.05 Å². The zero-order valence-electron chi connectivity index (χ0n) is 11.5. The maximum Gasteiger partial charge on any atom is 0.244 e. The molecule has 0 aromatic carbocycles. The lowest BCUT2D eigenvalue weighted by molar-refractivity contribution is 0.520. The molecule has 0 aliphatic carbocycles. The number of hydrogen-bond acceptors (Lipinski definition) is 6. The lowest BCUT2D eigenvalue weighted by Gasteiger charge is -2.11. The molecule has 0 fully saturated rings. The van der Waals surface area contributed by atoms with Gasteiger partial charge in [-0.05, 0) is 12.1 Å². The lowest BCUT2D eigenvalue weighted by Crippen LogP contribution is -2.22. The quantitative estimate of drug-likeness (QED) is 0.839. The number of rotatable bonds is 5. The van der Waals surface area contributed by atoms with E-state index in [9.17, 15) is 8.42 Å². The maximum atomic E-state index is 11.9. The average Bonchev–Trinajstić information content (AvgIpc) is 2.82. The highest BCUT2D eigenvalue weighted by atomic mass is 32.2. The summed E-state index contributed by atoms with van der Waals surface area (Å²) in [7, 11) is 1.37. The van der Waals surface area contributed by atoms with E-state index in [-0.39, 0.29) is 4.90 Å². The highest BCUT2D eigenvalue weighted by Crippen LogP contribution is 2.14. The first kappa shape index (κ1) is 14.4. The zero-order chi connectivity index (χ0) is 14.8. The van der Waals surface area contributed by atoms with E-state index in [1.807, 2.05) is 7.05 Å². The van der Waals surface area contributed by atoms with Crippen LogP contribution in [-0.2, 0) is 23.6 Å². The van der Waals surface area contributed by atoms with Gasteiger partial charge in [0, 0.05) is 27.3 Å². The average molecular weight is 296 g/mol. The molecule has 8 nitrogen and oxygen atoms in total. The first-order valence-corrected chi connectivity index (χ1v) is 7.30. The van der Waals surface area contributed by atoms with E-state index in [1.54, 1.807) is 17.0 Å². The number of aromatic nitrogens is 4. The Hall–Kier alpha value is -2.00. The molecule has 0 aliphatic heterocycles. The van der Waals surface area contributed by atoms with E-state index >= 15 is 0 Å². The molecule has 0 amide bonds. The third-order valence-electron chi connectivity index (χ3n) is 2.75. The van der Waals surface area contributed by atoms with Crippen LogP contribution in [0.2, 0.25) is 0 Å². The summed E-state index contributed by atoms with van der Waals surface area (Å²) in [5.41, 5.74) is 0. The number of nitrogens with one attached hydrogen (secondary N) is 1. The molecule has 0 radical (unpaired) electrons. The van der Waals surface area contributed by atoms with Crippen LogP contribution >= 0.6 is 0 Å². The van der Waals surface area contributed by atoms with E-state index in [2.05, 4.69) is 20.5 Å². The van der Waals surface area contributed by atoms with E-state index in [0.717, 1.165) is 10.1 Å². The minimum absolute atomic E-state index is 0.159. The van der Waals surface area contributed by atoms with E-state index < -0.39 is 10.0 Å². The summed E-state index contributed by atoms with van der Waals surface area (Å²) in [4.78, 5) is 4.24. The predicted molar refractivity (Wildman–Crippen MR) is 73.4 cm³/mol. The summed E-state index contributed by atoms with van der Waals surface area (Å²) < 4.78 is 26.7. The Morgan fingerprint density at radius 3 is 2.60 bits per heavy atom. The minimum atomic E-state index is -3.44. The maximum absolute atomic E-state index is 11.9. The predicted octanol–water partition coefficient (Wildman–Crippen LogP) is 0.0725. The normalized spacial score (nSPS) is 11.8. The summed E-state index contributed by atoms with van der Waals surface area (Å²) in [6, 6.07) is 3.13. The first-order chi connectivity index (χ1) is 9.41. The second kappa shape index (κ2) is 5.55. The second-order valence-electron chi connectivity index (χ2n) is 4.38. The highest BCUT2D eigenvalue weighted by molar-refractivity contribution is 7.89. The number of aryl methyl sites for hydroxylation is 1.